The van der Waals surface area contributed by atoms with Crippen LogP contribution in [0.15, 0.2) is 4.52 Å². The summed E-state index contributed by atoms with van der Waals surface area (Å²) in [7, 11) is 0. The zero-order valence-electron chi connectivity index (χ0n) is 12.8. The van der Waals surface area contributed by atoms with E-state index in [4.69, 9.17) is 9.63 Å². The van der Waals surface area contributed by atoms with E-state index in [1.807, 2.05) is 0 Å². The van der Waals surface area contributed by atoms with Gasteiger partial charge in [0.15, 0.2) is 5.82 Å². The Bertz CT molecular complexity index is 439. The summed E-state index contributed by atoms with van der Waals surface area (Å²) in [5, 5.41) is 16.5. The van der Waals surface area contributed by atoms with Crippen molar-refractivity contribution in [1.29, 1.82) is 0 Å². The van der Waals surface area contributed by atoms with Gasteiger partial charge >= 0.3 is 0 Å². The number of nitrogens with zero attached hydrogens (tertiary/aromatic N) is 3. The van der Waals surface area contributed by atoms with E-state index < -0.39 is 0 Å². The number of hydrogen-bond acceptors (Lipinski definition) is 6. The third-order valence-corrected chi connectivity index (χ3v) is 4.61. The summed E-state index contributed by atoms with van der Waals surface area (Å²) in [4.78, 5) is 6.83. The fraction of sp³-hybridized carbons (Fsp3) is 0.867. The van der Waals surface area contributed by atoms with Gasteiger partial charge in [-0.25, -0.2) is 0 Å². The van der Waals surface area contributed by atoms with E-state index >= 15 is 0 Å². The predicted octanol–water partition coefficient (Wildman–Crippen LogP) is 1.30. The Morgan fingerprint density at radius 2 is 2.10 bits per heavy atom. The molecule has 118 valence electrons. The van der Waals surface area contributed by atoms with Gasteiger partial charge in [0.25, 0.3) is 0 Å². The van der Waals surface area contributed by atoms with Crippen molar-refractivity contribution in [2.75, 3.05) is 32.8 Å². The maximum absolute atomic E-state index is 8.95. The van der Waals surface area contributed by atoms with Crippen LogP contribution >= 0.6 is 0 Å². The number of piperidine rings is 1. The molecule has 6 heteroatoms. The van der Waals surface area contributed by atoms with Gasteiger partial charge in [-0.3, -0.25) is 0 Å². The Morgan fingerprint density at radius 1 is 1.33 bits per heavy atom. The summed E-state index contributed by atoms with van der Waals surface area (Å²) in [6, 6.07) is 0.125. The van der Waals surface area contributed by atoms with Crippen LogP contribution < -0.4 is 5.32 Å². The van der Waals surface area contributed by atoms with Crippen LogP contribution in [0.5, 0.6) is 0 Å². The Kier molecular flexibility index (Phi) is 4.87. The molecule has 0 bridgehead atoms. The molecule has 3 rings (SSSR count). The second kappa shape index (κ2) is 6.85. The molecule has 1 aromatic heterocycles. The lowest BCUT2D eigenvalue weighted by molar-refractivity contribution is 0.145. The molecule has 1 saturated carbocycles. The van der Waals surface area contributed by atoms with Crippen molar-refractivity contribution >= 4 is 0 Å². The molecule has 0 amide bonds. The first kappa shape index (κ1) is 14.9. The average molecular weight is 294 g/mol. The Balaban J connectivity index is 1.40. The van der Waals surface area contributed by atoms with Crippen LogP contribution in [-0.4, -0.2) is 52.9 Å². The van der Waals surface area contributed by atoms with Crippen molar-refractivity contribution in [2.24, 2.45) is 5.92 Å². The maximum atomic E-state index is 8.95. The maximum Gasteiger partial charge on any atom is 0.243 e. The number of nitrogens with one attached hydrogen (secondary N) is 1. The van der Waals surface area contributed by atoms with Crippen molar-refractivity contribution in [3.63, 3.8) is 0 Å². The highest BCUT2D eigenvalue weighted by Gasteiger charge is 2.29. The van der Waals surface area contributed by atoms with Crippen molar-refractivity contribution in [2.45, 2.75) is 44.6 Å². The highest BCUT2D eigenvalue weighted by Crippen LogP contribution is 2.38. The van der Waals surface area contributed by atoms with Crippen molar-refractivity contribution in [3.05, 3.63) is 11.7 Å². The molecule has 6 nitrogen and oxygen atoms in total. The highest BCUT2D eigenvalue weighted by molar-refractivity contribution is 5.04. The minimum absolute atomic E-state index is 0.125. The van der Waals surface area contributed by atoms with Gasteiger partial charge in [0.2, 0.25) is 5.89 Å². The molecule has 2 N–H and O–H groups in total. The SMILES string of the molecule is C[C@H](NCC1CCN(CCO)CC1)c1nc(C2CC2)no1. The smallest absolute Gasteiger partial charge is 0.243 e. The molecule has 1 aliphatic carbocycles. The standard InChI is InChI=1S/C15H26N4O2/c1-11(15-17-14(18-21-15)13-2-3-13)16-10-12-4-6-19(7-5-12)8-9-20/h11-13,16,20H,2-10H2,1H3/t11-/m0/s1. The summed E-state index contributed by atoms with van der Waals surface area (Å²) < 4.78 is 5.36. The molecule has 1 aliphatic heterocycles. The van der Waals surface area contributed by atoms with E-state index in [2.05, 4.69) is 27.3 Å². The zero-order chi connectivity index (χ0) is 14.7. The van der Waals surface area contributed by atoms with Crippen LogP contribution in [0.3, 0.4) is 0 Å². The van der Waals surface area contributed by atoms with Crippen LogP contribution in [0.2, 0.25) is 0 Å². The van der Waals surface area contributed by atoms with Crippen LogP contribution in [0, 0.1) is 5.92 Å². The fourth-order valence-corrected chi connectivity index (χ4v) is 2.92. The second-order valence-electron chi connectivity index (χ2n) is 6.40. The first-order valence-electron chi connectivity index (χ1n) is 8.16. The topological polar surface area (TPSA) is 74.4 Å². The van der Waals surface area contributed by atoms with E-state index in [-0.39, 0.29) is 12.6 Å². The van der Waals surface area contributed by atoms with E-state index in [1.54, 1.807) is 0 Å². The third-order valence-electron chi connectivity index (χ3n) is 4.61. The van der Waals surface area contributed by atoms with E-state index in [1.165, 1.54) is 25.7 Å². The molecule has 0 aromatic carbocycles. The van der Waals surface area contributed by atoms with Crippen molar-refractivity contribution in [3.8, 4) is 0 Å². The number of rotatable bonds is 7. The zero-order valence-corrected chi connectivity index (χ0v) is 12.8. The molecule has 0 radical (unpaired) electrons. The molecule has 0 unspecified atom stereocenters. The number of aromatic nitrogens is 2. The first-order valence-corrected chi connectivity index (χ1v) is 8.16. The second-order valence-corrected chi connectivity index (χ2v) is 6.40. The van der Waals surface area contributed by atoms with Crippen LogP contribution in [0.4, 0.5) is 0 Å². The van der Waals surface area contributed by atoms with E-state index in [9.17, 15) is 0 Å². The molecule has 1 saturated heterocycles. The van der Waals surface area contributed by atoms with Gasteiger partial charge in [0.1, 0.15) is 0 Å². The molecular formula is C15H26N4O2. The van der Waals surface area contributed by atoms with Crippen molar-refractivity contribution < 1.29 is 9.63 Å². The van der Waals surface area contributed by atoms with Gasteiger partial charge in [-0.2, -0.15) is 4.98 Å². The molecule has 1 aromatic rings. The molecule has 2 fully saturated rings. The summed E-state index contributed by atoms with van der Waals surface area (Å²) in [6.45, 7) is 6.34. The number of β-amino-alcohol motifs (C(OH)–C–C–N with tert-alkyl or cyclic N) is 1. The van der Waals surface area contributed by atoms with Gasteiger partial charge in [0, 0.05) is 12.5 Å². The molecule has 2 aliphatic rings. The summed E-state index contributed by atoms with van der Waals surface area (Å²) in [5.41, 5.74) is 0. The Morgan fingerprint density at radius 3 is 2.76 bits per heavy atom. The van der Waals surface area contributed by atoms with Crippen LogP contribution in [0.1, 0.15) is 56.3 Å². The van der Waals surface area contributed by atoms with Gasteiger partial charge in [-0.05, 0) is 58.2 Å². The number of hydrogen-bond donors (Lipinski definition) is 2. The minimum atomic E-state index is 0.125. The molecule has 0 spiro atoms. The Labute approximate surface area is 125 Å². The third kappa shape index (κ3) is 4.02. The fourth-order valence-electron chi connectivity index (χ4n) is 2.92. The van der Waals surface area contributed by atoms with E-state index in [0.717, 1.165) is 37.9 Å². The predicted molar refractivity (Wildman–Crippen MR) is 78.9 cm³/mol. The number of aliphatic hydroxyl groups is 1. The van der Waals surface area contributed by atoms with Gasteiger partial charge in [-0.15, -0.1) is 0 Å². The van der Waals surface area contributed by atoms with Gasteiger partial charge in [-0.1, -0.05) is 5.16 Å². The summed E-state index contributed by atoms with van der Waals surface area (Å²) in [5.74, 6) is 2.85. The normalized spacial score (nSPS) is 22.6. The lowest BCUT2D eigenvalue weighted by atomic mass is 9.96. The quantitative estimate of drug-likeness (QED) is 0.789. The molecule has 2 heterocycles. The number of aliphatic hydroxyl groups excluding tert-OH is 1. The highest BCUT2D eigenvalue weighted by atomic mass is 16.5. The monoisotopic (exact) mass is 294 g/mol. The van der Waals surface area contributed by atoms with Gasteiger partial charge < -0.3 is 19.8 Å². The first-order chi connectivity index (χ1) is 10.3. The van der Waals surface area contributed by atoms with Crippen LogP contribution in [0.25, 0.3) is 0 Å². The Hall–Kier alpha value is -0.980. The largest absolute Gasteiger partial charge is 0.395 e. The van der Waals surface area contributed by atoms with Crippen molar-refractivity contribution in [1.82, 2.24) is 20.4 Å². The molecule has 1 atom stereocenters. The average Bonchev–Trinajstić information content (AvgIpc) is 3.24. The summed E-state index contributed by atoms with van der Waals surface area (Å²) >= 11 is 0. The molecular weight excluding hydrogens is 268 g/mol. The van der Waals surface area contributed by atoms with Crippen LogP contribution in [-0.2, 0) is 0 Å². The molecule has 21 heavy (non-hydrogen) atoms. The van der Waals surface area contributed by atoms with E-state index in [0.29, 0.717) is 11.8 Å². The minimum Gasteiger partial charge on any atom is -0.395 e. The van der Waals surface area contributed by atoms with Gasteiger partial charge in [0.05, 0.1) is 12.6 Å². The lowest BCUT2D eigenvalue weighted by Crippen LogP contribution is -2.39. The number of likely N-dealkylation sites (tertiary alicyclic amines) is 1. The lowest BCUT2D eigenvalue weighted by Gasteiger charge is -2.31. The summed E-state index contributed by atoms with van der Waals surface area (Å²) in [6.07, 6.45) is 4.79.